The van der Waals surface area contributed by atoms with E-state index in [1.807, 2.05) is 0 Å². The van der Waals surface area contributed by atoms with E-state index in [2.05, 4.69) is 4.98 Å². The maximum atomic E-state index is 8.65. The molecule has 2 radical (unpaired) electrons. The molecule has 0 bridgehead atoms. The molecule has 0 spiro atoms. The second kappa shape index (κ2) is 2.23. The first-order chi connectivity index (χ1) is 4.25. The Bertz CT molecular complexity index is 189. The Labute approximate surface area is 54.7 Å². The minimum absolute atomic E-state index is 0.0532. The standard InChI is InChI=1S/C5H7BN2O/c1-8-3-7-5(6)4(8)2-9/h3,9H,2H2,1H3. The summed E-state index contributed by atoms with van der Waals surface area (Å²) in [5.41, 5.74) is 1.06. The number of hydrogen-bond donors (Lipinski definition) is 1. The molecule has 9 heavy (non-hydrogen) atoms. The van der Waals surface area contributed by atoms with Crippen LogP contribution in [-0.2, 0) is 13.7 Å². The molecule has 0 saturated carbocycles. The van der Waals surface area contributed by atoms with Crippen molar-refractivity contribution >= 4 is 13.4 Å². The third-order valence-corrected chi connectivity index (χ3v) is 1.24. The smallest absolute Gasteiger partial charge is 0.144 e. The molecule has 3 nitrogen and oxygen atoms in total. The van der Waals surface area contributed by atoms with Gasteiger partial charge in [0, 0.05) is 12.6 Å². The molecule has 0 atom stereocenters. The zero-order valence-corrected chi connectivity index (χ0v) is 5.20. The number of nitrogens with zero attached hydrogens (tertiary/aromatic N) is 2. The molecule has 1 heterocycles. The number of aliphatic hydroxyl groups is 1. The number of imidazole rings is 1. The van der Waals surface area contributed by atoms with Crippen LogP contribution >= 0.6 is 0 Å². The van der Waals surface area contributed by atoms with Crippen molar-refractivity contribution in [3.63, 3.8) is 0 Å². The summed E-state index contributed by atoms with van der Waals surface area (Å²) in [6, 6.07) is 0. The first-order valence-corrected chi connectivity index (χ1v) is 2.62. The fourth-order valence-corrected chi connectivity index (χ4v) is 0.666. The topological polar surface area (TPSA) is 38.0 Å². The molecule has 1 aromatic rings. The number of aliphatic hydroxyl groups excluding tert-OH is 1. The predicted octanol–water partition coefficient (Wildman–Crippen LogP) is -1.29. The van der Waals surface area contributed by atoms with Crippen LogP contribution in [-0.4, -0.2) is 22.5 Å². The third-order valence-electron chi connectivity index (χ3n) is 1.24. The lowest BCUT2D eigenvalue weighted by Crippen LogP contribution is -2.11. The lowest BCUT2D eigenvalue weighted by atomic mass is 10.0. The van der Waals surface area contributed by atoms with Crippen LogP contribution in [0, 0.1) is 0 Å². The zero-order valence-electron chi connectivity index (χ0n) is 5.20. The Kier molecular flexibility index (Phi) is 1.57. The van der Waals surface area contributed by atoms with Gasteiger partial charge in [0.2, 0.25) is 0 Å². The van der Waals surface area contributed by atoms with Gasteiger partial charge in [-0.1, -0.05) is 0 Å². The van der Waals surface area contributed by atoms with Gasteiger partial charge in [0.1, 0.15) is 7.85 Å². The van der Waals surface area contributed by atoms with Gasteiger partial charge in [-0.15, -0.1) is 0 Å². The molecule has 1 aromatic heterocycles. The molecule has 0 amide bonds. The first-order valence-electron chi connectivity index (χ1n) is 2.62. The number of aromatic nitrogens is 2. The van der Waals surface area contributed by atoms with Crippen LogP contribution in [0.3, 0.4) is 0 Å². The molecule has 0 aliphatic rings. The Morgan fingerprint density at radius 2 is 2.56 bits per heavy atom. The highest BCUT2D eigenvalue weighted by molar-refractivity contribution is 6.31. The van der Waals surface area contributed by atoms with Gasteiger partial charge in [-0.3, -0.25) is 4.98 Å². The fourth-order valence-electron chi connectivity index (χ4n) is 0.666. The van der Waals surface area contributed by atoms with Gasteiger partial charge in [-0.25, -0.2) is 0 Å². The molecule has 0 aliphatic heterocycles. The van der Waals surface area contributed by atoms with Crippen LogP contribution in [0.1, 0.15) is 5.69 Å². The molecular weight excluding hydrogens is 115 g/mol. The van der Waals surface area contributed by atoms with Gasteiger partial charge in [0.15, 0.2) is 0 Å². The van der Waals surface area contributed by atoms with Crippen molar-refractivity contribution in [3.05, 3.63) is 12.0 Å². The number of rotatable bonds is 1. The van der Waals surface area contributed by atoms with Gasteiger partial charge in [0.25, 0.3) is 0 Å². The van der Waals surface area contributed by atoms with Gasteiger partial charge in [-0.2, -0.15) is 0 Å². The Hall–Kier alpha value is -0.765. The minimum Gasteiger partial charge on any atom is -0.390 e. The SMILES string of the molecule is [B]c1ncn(C)c1CO. The summed E-state index contributed by atoms with van der Waals surface area (Å²) in [6.45, 7) is -0.0532. The molecule has 1 rings (SSSR count). The van der Waals surface area contributed by atoms with Crippen molar-refractivity contribution in [2.24, 2.45) is 7.05 Å². The third kappa shape index (κ3) is 0.978. The highest BCUT2D eigenvalue weighted by Gasteiger charge is 1.99. The Morgan fingerprint density at radius 1 is 1.89 bits per heavy atom. The molecule has 0 saturated heterocycles. The molecule has 0 aromatic carbocycles. The molecular formula is C5H7BN2O. The summed E-state index contributed by atoms with van der Waals surface area (Å²) in [5, 5.41) is 8.65. The summed E-state index contributed by atoms with van der Waals surface area (Å²) in [7, 11) is 7.15. The molecule has 46 valence electrons. The van der Waals surface area contributed by atoms with Crippen LogP contribution in [0.15, 0.2) is 6.33 Å². The average Bonchev–Trinajstić information content (AvgIpc) is 2.12. The lowest BCUT2D eigenvalue weighted by Gasteiger charge is -1.96. The maximum Gasteiger partial charge on any atom is 0.144 e. The second-order valence-corrected chi connectivity index (χ2v) is 1.85. The predicted molar refractivity (Wildman–Crippen MR) is 34.5 cm³/mol. The van der Waals surface area contributed by atoms with E-state index in [0.29, 0.717) is 11.3 Å². The molecule has 0 aliphatic carbocycles. The van der Waals surface area contributed by atoms with E-state index in [-0.39, 0.29) is 6.61 Å². The van der Waals surface area contributed by atoms with Gasteiger partial charge >= 0.3 is 0 Å². The van der Waals surface area contributed by atoms with Gasteiger partial charge < -0.3 is 9.67 Å². The van der Waals surface area contributed by atoms with Crippen molar-refractivity contribution in [2.75, 3.05) is 0 Å². The summed E-state index contributed by atoms with van der Waals surface area (Å²) < 4.78 is 1.69. The minimum atomic E-state index is -0.0532. The van der Waals surface area contributed by atoms with E-state index in [9.17, 15) is 0 Å². The van der Waals surface area contributed by atoms with Crippen LogP contribution in [0.4, 0.5) is 0 Å². The van der Waals surface area contributed by atoms with Crippen molar-refractivity contribution in [1.29, 1.82) is 0 Å². The zero-order chi connectivity index (χ0) is 6.85. The molecule has 0 unspecified atom stereocenters. The second-order valence-electron chi connectivity index (χ2n) is 1.85. The van der Waals surface area contributed by atoms with E-state index in [1.165, 1.54) is 0 Å². The largest absolute Gasteiger partial charge is 0.390 e. The highest BCUT2D eigenvalue weighted by Crippen LogP contribution is 1.89. The van der Waals surface area contributed by atoms with Crippen LogP contribution in [0.5, 0.6) is 0 Å². The van der Waals surface area contributed by atoms with E-state index in [0.717, 1.165) is 0 Å². The van der Waals surface area contributed by atoms with Crippen molar-refractivity contribution in [2.45, 2.75) is 6.61 Å². The van der Waals surface area contributed by atoms with Crippen molar-refractivity contribution < 1.29 is 5.11 Å². The highest BCUT2D eigenvalue weighted by atomic mass is 16.3. The van der Waals surface area contributed by atoms with Crippen LogP contribution in [0.25, 0.3) is 0 Å². The normalized spacial score (nSPS) is 10.0. The summed E-state index contributed by atoms with van der Waals surface area (Å²) in [6.07, 6.45) is 1.57. The first kappa shape index (κ1) is 6.36. The van der Waals surface area contributed by atoms with Crippen LogP contribution in [0.2, 0.25) is 0 Å². The number of hydrogen-bond acceptors (Lipinski definition) is 2. The maximum absolute atomic E-state index is 8.65. The molecule has 1 N–H and O–H groups in total. The van der Waals surface area contributed by atoms with Crippen LogP contribution < -0.4 is 5.59 Å². The van der Waals surface area contributed by atoms with E-state index in [1.54, 1.807) is 17.9 Å². The van der Waals surface area contributed by atoms with E-state index in [4.69, 9.17) is 13.0 Å². The summed E-state index contributed by atoms with van der Waals surface area (Å²) in [4.78, 5) is 3.77. The quantitative estimate of drug-likeness (QED) is 0.470. The monoisotopic (exact) mass is 122 g/mol. The van der Waals surface area contributed by atoms with Gasteiger partial charge in [-0.05, 0) is 0 Å². The van der Waals surface area contributed by atoms with E-state index < -0.39 is 0 Å². The van der Waals surface area contributed by atoms with Crippen molar-refractivity contribution in [3.8, 4) is 0 Å². The Balaban J connectivity index is 3.07. The fraction of sp³-hybridized carbons (Fsp3) is 0.400. The van der Waals surface area contributed by atoms with Gasteiger partial charge in [0.05, 0.1) is 18.6 Å². The Morgan fingerprint density at radius 3 is 2.78 bits per heavy atom. The number of aryl methyl sites for hydroxylation is 1. The van der Waals surface area contributed by atoms with Crippen molar-refractivity contribution in [1.82, 2.24) is 9.55 Å². The summed E-state index contributed by atoms with van der Waals surface area (Å²) in [5.74, 6) is 0. The van der Waals surface area contributed by atoms with E-state index >= 15 is 0 Å². The molecule has 4 heteroatoms. The average molecular weight is 122 g/mol. The lowest BCUT2D eigenvalue weighted by molar-refractivity contribution is 0.274. The summed E-state index contributed by atoms with van der Waals surface area (Å²) >= 11 is 0. The molecule has 0 fully saturated rings.